The van der Waals surface area contributed by atoms with Gasteiger partial charge in [0.2, 0.25) is 0 Å². The summed E-state index contributed by atoms with van der Waals surface area (Å²) >= 11 is 0. The SMILES string of the molecule is CC(=O)N(CCNCC(O)COc1cccc2c1CCOO2)Oc1ccc(N)cc1. The van der Waals surface area contributed by atoms with Crippen LogP contribution >= 0.6 is 0 Å². The second-order valence-corrected chi connectivity index (χ2v) is 6.84. The van der Waals surface area contributed by atoms with Gasteiger partial charge in [-0.15, -0.1) is 0 Å². The van der Waals surface area contributed by atoms with Crippen LogP contribution in [0.4, 0.5) is 5.69 Å². The van der Waals surface area contributed by atoms with Crippen molar-refractivity contribution in [1.29, 1.82) is 0 Å². The lowest BCUT2D eigenvalue weighted by atomic mass is 10.1. The molecular formula is C21H27N3O6. The minimum absolute atomic E-state index is 0.128. The molecule has 30 heavy (non-hydrogen) atoms. The molecule has 1 aliphatic heterocycles. The molecule has 9 heteroatoms. The van der Waals surface area contributed by atoms with Crippen molar-refractivity contribution in [1.82, 2.24) is 10.4 Å². The van der Waals surface area contributed by atoms with Gasteiger partial charge in [-0.25, -0.2) is 0 Å². The topological polar surface area (TPSA) is 116 Å². The number of anilines is 1. The van der Waals surface area contributed by atoms with Crippen LogP contribution in [0.25, 0.3) is 0 Å². The summed E-state index contributed by atoms with van der Waals surface area (Å²) in [5.41, 5.74) is 7.20. The van der Waals surface area contributed by atoms with Crippen LogP contribution in [0.3, 0.4) is 0 Å². The monoisotopic (exact) mass is 417 g/mol. The van der Waals surface area contributed by atoms with Crippen LogP contribution in [0.1, 0.15) is 12.5 Å². The maximum atomic E-state index is 11.8. The Bertz CT molecular complexity index is 830. The summed E-state index contributed by atoms with van der Waals surface area (Å²) in [5, 5.41) is 14.5. The van der Waals surface area contributed by atoms with E-state index in [0.717, 1.165) is 5.56 Å². The fourth-order valence-electron chi connectivity index (χ4n) is 2.87. The molecule has 0 bridgehead atoms. The van der Waals surface area contributed by atoms with Crippen molar-refractivity contribution in [3.8, 4) is 17.2 Å². The molecule has 0 aromatic heterocycles. The lowest BCUT2D eigenvalue weighted by molar-refractivity contribution is -0.215. The lowest BCUT2D eigenvalue weighted by Gasteiger charge is -2.22. The van der Waals surface area contributed by atoms with Gasteiger partial charge in [-0.05, 0) is 36.4 Å². The summed E-state index contributed by atoms with van der Waals surface area (Å²) in [7, 11) is 0. The van der Waals surface area contributed by atoms with E-state index >= 15 is 0 Å². The van der Waals surface area contributed by atoms with E-state index in [2.05, 4.69) is 5.32 Å². The molecule has 0 saturated heterocycles. The van der Waals surface area contributed by atoms with Gasteiger partial charge in [0.15, 0.2) is 11.5 Å². The molecule has 0 aliphatic carbocycles. The van der Waals surface area contributed by atoms with Crippen LogP contribution in [-0.4, -0.2) is 55.0 Å². The molecule has 1 unspecified atom stereocenters. The highest BCUT2D eigenvalue weighted by Gasteiger charge is 2.17. The molecule has 0 fully saturated rings. The van der Waals surface area contributed by atoms with Gasteiger partial charge in [-0.2, -0.15) is 9.95 Å². The molecule has 162 valence electrons. The molecule has 1 amide bonds. The number of hydrogen-bond acceptors (Lipinski definition) is 8. The largest absolute Gasteiger partial charge is 0.490 e. The first-order chi connectivity index (χ1) is 14.5. The van der Waals surface area contributed by atoms with Gasteiger partial charge in [-0.3, -0.25) is 4.79 Å². The highest BCUT2D eigenvalue weighted by molar-refractivity contribution is 5.72. The zero-order valence-electron chi connectivity index (χ0n) is 16.9. The number of ether oxygens (including phenoxy) is 1. The summed E-state index contributed by atoms with van der Waals surface area (Å²) in [5.74, 6) is 1.61. The van der Waals surface area contributed by atoms with Crippen molar-refractivity contribution >= 4 is 11.6 Å². The predicted molar refractivity (Wildman–Crippen MR) is 110 cm³/mol. The van der Waals surface area contributed by atoms with Gasteiger partial charge in [0.05, 0.1) is 13.2 Å². The van der Waals surface area contributed by atoms with Gasteiger partial charge in [-0.1, -0.05) is 6.07 Å². The van der Waals surface area contributed by atoms with Crippen molar-refractivity contribution in [3.05, 3.63) is 48.0 Å². The van der Waals surface area contributed by atoms with E-state index in [1.165, 1.54) is 12.0 Å². The van der Waals surface area contributed by atoms with Crippen molar-refractivity contribution in [2.45, 2.75) is 19.4 Å². The molecule has 0 radical (unpaired) electrons. The molecule has 4 N–H and O–H groups in total. The average molecular weight is 417 g/mol. The lowest BCUT2D eigenvalue weighted by Crippen LogP contribution is -2.40. The van der Waals surface area contributed by atoms with Gasteiger partial charge >= 0.3 is 0 Å². The first-order valence-corrected chi connectivity index (χ1v) is 9.77. The molecule has 1 atom stereocenters. The number of aliphatic hydroxyl groups is 1. The highest BCUT2D eigenvalue weighted by atomic mass is 17.2. The van der Waals surface area contributed by atoms with Crippen LogP contribution in [0.5, 0.6) is 17.2 Å². The molecule has 0 saturated carbocycles. The number of rotatable bonds is 10. The number of carbonyl (C=O) groups is 1. The van der Waals surface area contributed by atoms with E-state index in [1.807, 2.05) is 18.2 Å². The van der Waals surface area contributed by atoms with Crippen LogP contribution in [-0.2, 0) is 16.1 Å². The van der Waals surface area contributed by atoms with Crippen LogP contribution < -0.4 is 25.5 Å². The van der Waals surface area contributed by atoms with Gasteiger partial charge in [0, 0.05) is 37.7 Å². The molecule has 3 rings (SSSR count). The van der Waals surface area contributed by atoms with E-state index in [0.29, 0.717) is 55.6 Å². The number of hydrogen-bond donors (Lipinski definition) is 3. The number of nitrogens with two attached hydrogens (primary N) is 1. The maximum Gasteiger partial charge on any atom is 0.252 e. The molecular weight excluding hydrogens is 390 g/mol. The minimum atomic E-state index is -0.717. The van der Waals surface area contributed by atoms with Crippen molar-refractivity contribution in [3.63, 3.8) is 0 Å². The second-order valence-electron chi connectivity index (χ2n) is 6.84. The third-order valence-electron chi connectivity index (χ3n) is 4.42. The molecule has 0 spiro atoms. The Morgan fingerprint density at radius 2 is 2.10 bits per heavy atom. The number of hydroxylamine groups is 2. The Labute approximate surface area is 175 Å². The summed E-state index contributed by atoms with van der Waals surface area (Å²) in [6.45, 7) is 3.08. The first kappa shape index (κ1) is 21.7. The van der Waals surface area contributed by atoms with Crippen LogP contribution in [0.15, 0.2) is 42.5 Å². The van der Waals surface area contributed by atoms with E-state index in [-0.39, 0.29) is 12.5 Å². The normalized spacial score (nSPS) is 13.7. The van der Waals surface area contributed by atoms with Crippen molar-refractivity contribution in [2.24, 2.45) is 0 Å². The molecule has 9 nitrogen and oxygen atoms in total. The highest BCUT2D eigenvalue weighted by Crippen LogP contribution is 2.31. The summed E-state index contributed by atoms with van der Waals surface area (Å²) in [6.07, 6.45) is -0.0280. The number of carbonyl (C=O) groups excluding carboxylic acids is 1. The van der Waals surface area contributed by atoms with Crippen molar-refractivity contribution < 1.29 is 29.3 Å². The number of benzene rings is 2. The number of fused-ring (bicyclic) bond motifs is 1. The fraction of sp³-hybridized carbons (Fsp3) is 0.381. The Morgan fingerprint density at radius 3 is 2.87 bits per heavy atom. The number of nitrogen functional groups attached to an aromatic ring is 1. The quantitative estimate of drug-likeness (QED) is 0.229. The molecule has 2 aromatic carbocycles. The van der Waals surface area contributed by atoms with E-state index in [1.54, 1.807) is 24.3 Å². The standard InChI is InChI=1S/C21H27N3O6/c1-15(25)24(29-18-7-5-16(22)6-8-18)11-10-23-13-17(26)14-27-20-3-2-4-21-19(20)9-12-28-30-21/h2-8,17,23,26H,9-14,22H2,1H3. The van der Waals surface area contributed by atoms with Gasteiger partial charge in [0.25, 0.3) is 5.91 Å². The third-order valence-corrected chi connectivity index (χ3v) is 4.42. The summed E-state index contributed by atoms with van der Waals surface area (Å²) in [4.78, 5) is 27.5. The molecule has 2 aromatic rings. The molecule has 1 aliphatic rings. The number of nitrogens with one attached hydrogen (secondary N) is 1. The zero-order chi connectivity index (χ0) is 21.3. The van der Waals surface area contributed by atoms with E-state index < -0.39 is 6.10 Å². The number of aliphatic hydroxyl groups excluding tert-OH is 1. The number of amides is 1. The minimum Gasteiger partial charge on any atom is -0.490 e. The number of nitrogens with zero attached hydrogens (tertiary/aromatic N) is 1. The third kappa shape index (κ3) is 6.24. The Morgan fingerprint density at radius 1 is 1.30 bits per heavy atom. The second kappa shape index (κ2) is 10.7. The Balaban J connectivity index is 1.39. The Kier molecular flexibility index (Phi) is 7.72. The predicted octanol–water partition coefficient (Wildman–Crippen LogP) is 1.31. The van der Waals surface area contributed by atoms with E-state index in [4.69, 9.17) is 25.1 Å². The van der Waals surface area contributed by atoms with E-state index in [9.17, 15) is 9.90 Å². The summed E-state index contributed by atoms with van der Waals surface area (Å²) < 4.78 is 5.75. The Hall–Kier alpha value is -3.01. The van der Waals surface area contributed by atoms with Crippen LogP contribution in [0.2, 0.25) is 0 Å². The van der Waals surface area contributed by atoms with Gasteiger partial charge in [0.1, 0.15) is 18.5 Å². The van der Waals surface area contributed by atoms with Crippen molar-refractivity contribution in [2.75, 3.05) is 38.6 Å². The zero-order valence-corrected chi connectivity index (χ0v) is 16.9. The van der Waals surface area contributed by atoms with Gasteiger partial charge < -0.3 is 30.6 Å². The first-order valence-electron chi connectivity index (χ1n) is 9.77. The van der Waals surface area contributed by atoms with Crippen LogP contribution in [0, 0.1) is 0 Å². The maximum absolute atomic E-state index is 11.8. The smallest absolute Gasteiger partial charge is 0.252 e. The average Bonchev–Trinajstić information content (AvgIpc) is 2.75. The summed E-state index contributed by atoms with van der Waals surface area (Å²) in [6, 6.07) is 12.2. The molecule has 1 heterocycles. The fourth-order valence-corrected chi connectivity index (χ4v) is 2.87.